The summed E-state index contributed by atoms with van der Waals surface area (Å²) in [5, 5.41) is 16.7. The van der Waals surface area contributed by atoms with Gasteiger partial charge in [0.15, 0.2) is 0 Å². The third-order valence-corrected chi connectivity index (χ3v) is 1.61. The number of hydrogen-bond acceptors (Lipinski definition) is 2. The van der Waals surface area contributed by atoms with Gasteiger partial charge in [0.2, 0.25) is 0 Å². The molecule has 0 bridgehead atoms. The summed E-state index contributed by atoms with van der Waals surface area (Å²) in [6, 6.07) is 18.7. The summed E-state index contributed by atoms with van der Waals surface area (Å²) in [6.45, 7) is 0. The molecule has 0 saturated carbocycles. The van der Waals surface area contributed by atoms with Gasteiger partial charge in [0, 0.05) is 6.07 Å². The van der Waals surface area contributed by atoms with E-state index in [2.05, 4.69) is 0 Å². The van der Waals surface area contributed by atoms with Crippen molar-refractivity contribution in [2.24, 2.45) is 0 Å². The van der Waals surface area contributed by atoms with E-state index < -0.39 is 0 Å². The van der Waals surface area contributed by atoms with Crippen LogP contribution in [0, 0.1) is 22.7 Å². The molecular weight excluding hydrogens is 228 g/mol. The Morgan fingerprint density at radius 3 is 2.13 bits per heavy atom. The van der Waals surface area contributed by atoms with Crippen molar-refractivity contribution in [1.82, 2.24) is 0 Å². The minimum atomic E-state index is 0. The molecule has 0 fully saturated rings. The van der Waals surface area contributed by atoms with Crippen LogP contribution in [0.2, 0.25) is 0 Å². The molecule has 0 heterocycles. The van der Waals surface area contributed by atoms with Gasteiger partial charge >= 0.3 is 17.1 Å². The van der Waals surface area contributed by atoms with Gasteiger partial charge in [0.25, 0.3) is 0 Å². The average molecular weight is 236 g/mol. The summed E-state index contributed by atoms with van der Waals surface area (Å²) in [7, 11) is 0. The van der Waals surface area contributed by atoms with Gasteiger partial charge in [-0.15, -0.1) is 6.07 Å². The van der Waals surface area contributed by atoms with Gasteiger partial charge in [0.05, 0.1) is 0 Å². The van der Waals surface area contributed by atoms with E-state index in [0.717, 1.165) is 0 Å². The fourth-order valence-electron chi connectivity index (χ4n) is 0.936. The Hall–Kier alpha value is -1.80. The molecule has 0 aliphatic carbocycles. The van der Waals surface area contributed by atoms with Crippen LogP contribution in [0.3, 0.4) is 0 Å². The van der Waals surface area contributed by atoms with Crippen LogP contribution >= 0.6 is 0 Å². The van der Waals surface area contributed by atoms with Crippen molar-refractivity contribution in [3.05, 3.63) is 59.7 Å². The maximum atomic E-state index is 8.34. The number of nitriles is 2. The Morgan fingerprint density at radius 2 is 1.80 bits per heavy atom. The molecule has 0 N–H and O–H groups in total. The SMILES string of the molecule is N#Cc1ccc[c-]1C#N.[Fe+2].c1cc[cH-]c1. The van der Waals surface area contributed by atoms with E-state index in [0.29, 0.717) is 11.1 Å². The maximum Gasteiger partial charge on any atom is 2.00 e. The monoisotopic (exact) mass is 236 g/mol. The molecular formula is C12H8FeN2. The molecule has 0 amide bonds. The Balaban J connectivity index is 0.000000280. The Bertz CT molecular complexity index is 395. The summed E-state index contributed by atoms with van der Waals surface area (Å²) in [6.07, 6.45) is 0. The second kappa shape index (κ2) is 7.59. The summed E-state index contributed by atoms with van der Waals surface area (Å²) >= 11 is 0. The minimum absolute atomic E-state index is 0. The predicted octanol–water partition coefficient (Wildman–Crippen LogP) is 2.55. The molecule has 2 rings (SSSR count). The number of nitrogens with zero attached hydrogens (tertiary/aromatic N) is 2. The van der Waals surface area contributed by atoms with Crippen LogP contribution in [0.4, 0.5) is 0 Å². The van der Waals surface area contributed by atoms with Gasteiger partial charge in [-0.25, -0.2) is 17.4 Å². The third kappa shape index (κ3) is 4.29. The quantitative estimate of drug-likeness (QED) is 0.521. The first-order valence-corrected chi connectivity index (χ1v) is 4.11. The first-order chi connectivity index (χ1) is 6.88. The van der Waals surface area contributed by atoms with Crippen LogP contribution in [-0.2, 0) is 17.1 Å². The van der Waals surface area contributed by atoms with Crippen molar-refractivity contribution in [2.45, 2.75) is 0 Å². The molecule has 0 unspecified atom stereocenters. The van der Waals surface area contributed by atoms with Crippen LogP contribution in [0.1, 0.15) is 11.1 Å². The first kappa shape index (κ1) is 13.2. The van der Waals surface area contributed by atoms with Crippen molar-refractivity contribution in [3.8, 4) is 12.1 Å². The van der Waals surface area contributed by atoms with Crippen molar-refractivity contribution < 1.29 is 17.1 Å². The van der Waals surface area contributed by atoms with Crippen LogP contribution in [0.15, 0.2) is 48.5 Å². The van der Waals surface area contributed by atoms with Crippen molar-refractivity contribution in [2.75, 3.05) is 0 Å². The Labute approximate surface area is 99.6 Å². The van der Waals surface area contributed by atoms with Crippen LogP contribution in [0.25, 0.3) is 0 Å². The molecule has 15 heavy (non-hydrogen) atoms. The largest absolute Gasteiger partial charge is 2.00 e. The van der Waals surface area contributed by atoms with E-state index in [9.17, 15) is 0 Å². The Kier molecular flexibility index (Phi) is 6.68. The van der Waals surface area contributed by atoms with Crippen LogP contribution in [0.5, 0.6) is 0 Å². The van der Waals surface area contributed by atoms with E-state index in [4.69, 9.17) is 10.5 Å². The zero-order valence-electron chi connectivity index (χ0n) is 7.87. The molecule has 0 aromatic heterocycles. The molecule has 0 aliphatic rings. The predicted molar refractivity (Wildman–Crippen MR) is 53.5 cm³/mol. The minimum Gasteiger partial charge on any atom is -0.262 e. The maximum absolute atomic E-state index is 8.34. The number of hydrogen-bond donors (Lipinski definition) is 0. The van der Waals surface area contributed by atoms with E-state index in [-0.39, 0.29) is 17.1 Å². The van der Waals surface area contributed by atoms with E-state index in [1.165, 1.54) is 0 Å². The first-order valence-electron chi connectivity index (χ1n) is 4.11. The fraction of sp³-hybridized carbons (Fsp3) is 0. The van der Waals surface area contributed by atoms with Crippen LogP contribution < -0.4 is 0 Å². The van der Waals surface area contributed by atoms with Gasteiger partial charge in [-0.05, 0) is 11.6 Å². The van der Waals surface area contributed by atoms with E-state index in [1.807, 2.05) is 42.5 Å². The molecule has 0 spiro atoms. The topological polar surface area (TPSA) is 47.6 Å². The smallest absolute Gasteiger partial charge is 0.262 e. The molecule has 0 radical (unpaired) electrons. The van der Waals surface area contributed by atoms with Crippen molar-refractivity contribution >= 4 is 0 Å². The second-order valence-electron chi connectivity index (χ2n) is 2.54. The van der Waals surface area contributed by atoms with Crippen molar-refractivity contribution in [1.29, 1.82) is 10.5 Å². The zero-order chi connectivity index (χ0) is 10.2. The zero-order valence-corrected chi connectivity index (χ0v) is 8.97. The summed E-state index contributed by atoms with van der Waals surface area (Å²) in [5.74, 6) is 0. The average Bonchev–Trinajstić information content (AvgIpc) is 2.91. The van der Waals surface area contributed by atoms with Crippen LogP contribution in [-0.4, -0.2) is 0 Å². The molecule has 0 saturated heterocycles. The summed E-state index contributed by atoms with van der Waals surface area (Å²) < 4.78 is 0. The fourth-order valence-corrected chi connectivity index (χ4v) is 0.936. The molecule has 2 nitrogen and oxygen atoms in total. The van der Waals surface area contributed by atoms with Gasteiger partial charge in [-0.1, -0.05) is 5.56 Å². The summed E-state index contributed by atoms with van der Waals surface area (Å²) in [4.78, 5) is 0. The summed E-state index contributed by atoms with van der Waals surface area (Å²) in [5.41, 5.74) is 0.912. The number of rotatable bonds is 0. The molecule has 3 heteroatoms. The third-order valence-electron chi connectivity index (χ3n) is 1.61. The van der Waals surface area contributed by atoms with Gasteiger partial charge in [-0.2, -0.15) is 30.3 Å². The molecule has 2 aromatic rings. The Morgan fingerprint density at radius 1 is 1.13 bits per heavy atom. The van der Waals surface area contributed by atoms with Gasteiger partial charge < -0.3 is 0 Å². The second-order valence-corrected chi connectivity index (χ2v) is 2.54. The van der Waals surface area contributed by atoms with E-state index in [1.54, 1.807) is 18.2 Å². The molecule has 2 aromatic carbocycles. The van der Waals surface area contributed by atoms with Gasteiger partial charge in [0.1, 0.15) is 0 Å². The van der Waals surface area contributed by atoms with Gasteiger partial charge in [-0.3, -0.25) is 5.26 Å². The standard InChI is InChI=1S/C7H3N2.C5H5.Fe/c8-4-6-2-1-3-7(6)5-9;1-2-4-5-3-1;/h1-3H;1-5H;/q2*-1;+2. The molecule has 0 atom stereocenters. The normalized spacial score (nSPS) is 7.33. The molecule has 74 valence electrons. The van der Waals surface area contributed by atoms with Crippen molar-refractivity contribution in [3.63, 3.8) is 0 Å². The molecule has 0 aliphatic heterocycles. The van der Waals surface area contributed by atoms with E-state index >= 15 is 0 Å².